The summed E-state index contributed by atoms with van der Waals surface area (Å²) in [7, 11) is 0. The first-order valence-corrected chi connectivity index (χ1v) is 5.13. The topological polar surface area (TPSA) is 105 Å². The molecule has 0 unspecified atom stereocenters. The Labute approximate surface area is 98.1 Å². The van der Waals surface area contributed by atoms with Crippen LogP contribution in [0.25, 0.3) is 0 Å². The maximum atomic E-state index is 11.1. The number of aliphatic carboxylic acids is 2. The fraction of sp³-hybridized carbons (Fsp3) is 0.600. The fourth-order valence-electron chi connectivity index (χ4n) is 1.44. The molecule has 0 aliphatic heterocycles. The summed E-state index contributed by atoms with van der Waals surface area (Å²) in [6.07, 6.45) is 0.198. The quantitative estimate of drug-likeness (QED) is 0.774. The van der Waals surface area contributed by atoms with Crippen molar-refractivity contribution in [1.29, 1.82) is 0 Å². The maximum absolute atomic E-state index is 11.1. The predicted molar refractivity (Wildman–Crippen MR) is 57.7 cm³/mol. The first-order valence-electron chi connectivity index (χ1n) is 5.13. The van der Waals surface area contributed by atoms with Crippen LogP contribution in [-0.4, -0.2) is 37.1 Å². The van der Waals surface area contributed by atoms with Crippen LogP contribution >= 0.6 is 0 Å². The number of hydrogen-bond donors (Lipinski definition) is 2. The van der Waals surface area contributed by atoms with Crippen LogP contribution in [-0.2, 0) is 21.5 Å². The molecule has 7 heteroatoms. The van der Waals surface area contributed by atoms with Gasteiger partial charge in [0.2, 0.25) is 0 Å². The van der Waals surface area contributed by atoms with Gasteiger partial charge in [0, 0.05) is 6.42 Å². The zero-order valence-electron chi connectivity index (χ0n) is 9.97. The van der Waals surface area contributed by atoms with E-state index in [-0.39, 0.29) is 12.8 Å². The number of hydrogen-bond acceptors (Lipinski definition) is 4. The van der Waals surface area contributed by atoms with Crippen molar-refractivity contribution in [2.24, 2.45) is 0 Å². The van der Waals surface area contributed by atoms with Gasteiger partial charge in [0.05, 0.1) is 17.8 Å². The van der Waals surface area contributed by atoms with Gasteiger partial charge in [0.25, 0.3) is 0 Å². The molecule has 0 bridgehead atoms. The van der Waals surface area contributed by atoms with Gasteiger partial charge in [-0.25, -0.2) is 9.48 Å². The Balaban J connectivity index is 2.98. The van der Waals surface area contributed by atoms with E-state index in [0.29, 0.717) is 11.4 Å². The van der Waals surface area contributed by atoms with Crippen LogP contribution in [0.2, 0.25) is 0 Å². The molecule has 0 atom stereocenters. The average Bonchev–Trinajstić information content (AvgIpc) is 2.57. The summed E-state index contributed by atoms with van der Waals surface area (Å²) < 4.78 is 1.30. The van der Waals surface area contributed by atoms with Crippen molar-refractivity contribution in [2.45, 2.75) is 39.2 Å². The summed E-state index contributed by atoms with van der Waals surface area (Å²) in [5.41, 5.74) is -0.0983. The predicted octanol–water partition coefficient (Wildman–Crippen LogP) is 0.423. The molecule has 0 spiro atoms. The highest BCUT2D eigenvalue weighted by Crippen LogP contribution is 2.18. The van der Waals surface area contributed by atoms with Gasteiger partial charge in [-0.1, -0.05) is 5.21 Å². The zero-order chi connectivity index (χ0) is 13.2. The van der Waals surface area contributed by atoms with E-state index >= 15 is 0 Å². The molecule has 1 aromatic heterocycles. The second kappa shape index (κ2) is 4.52. The van der Waals surface area contributed by atoms with Gasteiger partial charge in [0.15, 0.2) is 5.54 Å². The van der Waals surface area contributed by atoms with Gasteiger partial charge in [-0.3, -0.25) is 4.79 Å². The van der Waals surface area contributed by atoms with Crippen molar-refractivity contribution >= 4 is 11.9 Å². The van der Waals surface area contributed by atoms with Crippen molar-refractivity contribution in [1.82, 2.24) is 15.0 Å². The third kappa shape index (κ3) is 2.61. The lowest BCUT2D eigenvalue weighted by Crippen LogP contribution is -2.37. The third-order valence-electron chi connectivity index (χ3n) is 2.62. The smallest absolute Gasteiger partial charge is 0.331 e. The number of carbonyl (C=O) groups is 2. The molecular formula is C10H15N3O4. The van der Waals surface area contributed by atoms with E-state index in [0.717, 1.165) is 0 Å². The largest absolute Gasteiger partial charge is 0.481 e. The molecule has 1 aromatic rings. The minimum atomic E-state index is -1.20. The number of nitrogens with zero attached hydrogens (tertiary/aromatic N) is 3. The van der Waals surface area contributed by atoms with E-state index in [4.69, 9.17) is 10.2 Å². The normalized spacial score (nSPS) is 11.5. The summed E-state index contributed by atoms with van der Waals surface area (Å²) >= 11 is 0. The Hall–Kier alpha value is -1.92. The standard InChI is InChI=1S/C10H15N3O4/c1-6-7(4-5-8(14)15)11-12-13(6)10(2,3)9(16)17/h4-5H2,1-3H3,(H,14,15)(H,16,17). The van der Waals surface area contributed by atoms with Crippen LogP contribution in [0.5, 0.6) is 0 Å². The van der Waals surface area contributed by atoms with Crippen LogP contribution in [0.1, 0.15) is 31.7 Å². The highest BCUT2D eigenvalue weighted by molar-refractivity contribution is 5.75. The molecule has 0 saturated heterocycles. The molecule has 2 N–H and O–H groups in total. The van der Waals surface area contributed by atoms with Crippen molar-refractivity contribution in [3.63, 3.8) is 0 Å². The van der Waals surface area contributed by atoms with E-state index < -0.39 is 17.5 Å². The van der Waals surface area contributed by atoms with Gasteiger partial charge in [0.1, 0.15) is 0 Å². The Morgan fingerprint density at radius 3 is 2.41 bits per heavy atom. The summed E-state index contributed by atoms with van der Waals surface area (Å²) in [5, 5.41) is 25.2. The molecule has 0 fully saturated rings. The number of carboxylic acid groups (broad SMARTS) is 2. The van der Waals surface area contributed by atoms with Gasteiger partial charge in [-0.15, -0.1) is 5.10 Å². The molecule has 0 saturated carbocycles. The van der Waals surface area contributed by atoms with Crippen molar-refractivity contribution in [3.8, 4) is 0 Å². The Morgan fingerprint density at radius 1 is 1.35 bits per heavy atom. The van der Waals surface area contributed by atoms with E-state index in [2.05, 4.69) is 10.3 Å². The summed E-state index contributed by atoms with van der Waals surface area (Å²) in [6, 6.07) is 0. The Bertz CT molecular complexity index is 450. The molecule has 0 aromatic carbocycles. The minimum absolute atomic E-state index is 0.0486. The lowest BCUT2D eigenvalue weighted by Gasteiger charge is -2.20. The molecule has 1 heterocycles. The minimum Gasteiger partial charge on any atom is -0.481 e. The second-order valence-electron chi connectivity index (χ2n) is 4.29. The average molecular weight is 241 g/mol. The number of carboxylic acids is 2. The molecule has 1 rings (SSSR count). The first-order chi connectivity index (χ1) is 7.76. The van der Waals surface area contributed by atoms with Crippen LogP contribution in [0.15, 0.2) is 0 Å². The lowest BCUT2D eigenvalue weighted by molar-refractivity contribution is -0.146. The molecule has 0 radical (unpaired) electrons. The molecule has 0 aliphatic rings. The van der Waals surface area contributed by atoms with Crippen molar-refractivity contribution in [2.75, 3.05) is 0 Å². The van der Waals surface area contributed by atoms with Crippen molar-refractivity contribution in [3.05, 3.63) is 11.4 Å². The molecule has 0 amide bonds. The molecular weight excluding hydrogens is 226 g/mol. The summed E-state index contributed by atoms with van der Waals surface area (Å²) in [4.78, 5) is 21.5. The van der Waals surface area contributed by atoms with Gasteiger partial charge >= 0.3 is 11.9 Å². The molecule has 0 aliphatic carbocycles. The summed E-state index contributed by atoms with van der Waals surface area (Å²) in [6.45, 7) is 4.71. The SMILES string of the molecule is Cc1c(CCC(=O)O)nnn1C(C)(C)C(=O)O. The van der Waals surface area contributed by atoms with E-state index in [1.165, 1.54) is 18.5 Å². The maximum Gasteiger partial charge on any atom is 0.331 e. The number of aromatic nitrogens is 3. The molecule has 17 heavy (non-hydrogen) atoms. The van der Waals surface area contributed by atoms with Crippen LogP contribution in [0.3, 0.4) is 0 Å². The summed E-state index contributed by atoms with van der Waals surface area (Å²) in [5.74, 6) is -1.94. The zero-order valence-corrected chi connectivity index (χ0v) is 9.97. The van der Waals surface area contributed by atoms with Crippen LogP contribution in [0.4, 0.5) is 0 Å². The van der Waals surface area contributed by atoms with E-state index in [1.54, 1.807) is 6.92 Å². The second-order valence-corrected chi connectivity index (χ2v) is 4.29. The lowest BCUT2D eigenvalue weighted by atomic mass is 10.1. The highest BCUT2D eigenvalue weighted by atomic mass is 16.4. The van der Waals surface area contributed by atoms with E-state index in [9.17, 15) is 9.59 Å². The van der Waals surface area contributed by atoms with Crippen molar-refractivity contribution < 1.29 is 19.8 Å². The third-order valence-corrected chi connectivity index (χ3v) is 2.62. The number of aryl methyl sites for hydroxylation is 1. The molecule has 94 valence electrons. The fourth-order valence-corrected chi connectivity index (χ4v) is 1.44. The van der Waals surface area contributed by atoms with Crippen LogP contribution in [0, 0.1) is 6.92 Å². The highest BCUT2D eigenvalue weighted by Gasteiger charge is 2.32. The van der Waals surface area contributed by atoms with E-state index in [1.807, 2.05) is 0 Å². The number of rotatable bonds is 5. The van der Waals surface area contributed by atoms with Crippen LogP contribution < -0.4 is 0 Å². The first kappa shape index (κ1) is 13.1. The van der Waals surface area contributed by atoms with Gasteiger partial charge < -0.3 is 10.2 Å². The molecule has 7 nitrogen and oxygen atoms in total. The van der Waals surface area contributed by atoms with Gasteiger partial charge in [-0.2, -0.15) is 0 Å². The van der Waals surface area contributed by atoms with Gasteiger partial charge in [-0.05, 0) is 20.8 Å². The Morgan fingerprint density at radius 2 is 1.94 bits per heavy atom. The monoisotopic (exact) mass is 241 g/mol. The Kier molecular flexibility index (Phi) is 3.50.